The van der Waals surface area contributed by atoms with Crippen molar-refractivity contribution in [3.63, 3.8) is 0 Å². The van der Waals surface area contributed by atoms with E-state index in [1.54, 1.807) is 25.3 Å². The zero-order valence-electron chi connectivity index (χ0n) is 13.8. The Hall–Kier alpha value is -2.73. The van der Waals surface area contributed by atoms with E-state index in [9.17, 15) is 9.59 Å². The summed E-state index contributed by atoms with van der Waals surface area (Å²) in [6.07, 6.45) is 0. The van der Waals surface area contributed by atoms with Crippen LogP contribution >= 0.6 is 11.8 Å². The van der Waals surface area contributed by atoms with Crippen molar-refractivity contribution in [2.75, 3.05) is 14.2 Å². The lowest BCUT2D eigenvalue weighted by Gasteiger charge is -2.09. The minimum absolute atomic E-state index is 0.384. The highest BCUT2D eigenvalue weighted by molar-refractivity contribution is 7.98. The standard InChI is InChI=1S/C19H16O5S/c1-22-13-7-8-14-12(9-18(20)24-16(14)10-13)11-25-17-6-4-3-5-15(17)19(21)23-2/h3-10H,11H2,1-2H3. The molecule has 0 N–H and O–H groups in total. The van der Waals surface area contributed by atoms with E-state index in [4.69, 9.17) is 13.9 Å². The van der Waals surface area contributed by atoms with Gasteiger partial charge in [-0.15, -0.1) is 11.8 Å². The monoisotopic (exact) mass is 356 g/mol. The number of thioether (sulfide) groups is 1. The Bertz CT molecular complexity index is 977. The van der Waals surface area contributed by atoms with E-state index in [0.29, 0.717) is 22.6 Å². The summed E-state index contributed by atoms with van der Waals surface area (Å²) >= 11 is 1.46. The fraction of sp³-hybridized carbons (Fsp3) is 0.158. The molecule has 0 aliphatic heterocycles. The van der Waals surface area contributed by atoms with Gasteiger partial charge in [0, 0.05) is 28.2 Å². The lowest BCUT2D eigenvalue weighted by Crippen LogP contribution is -2.03. The Morgan fingerprint density at radius 1 is 1.12 bits per heavy atom. The third-order valence-corrected chi connectivity index (χ3v) is 4.84. The molecule has 2 aromatic carbocycles. The summed E-state index contributed by atoms with van der Waals surface area (Å²) in [5.41, 5.74) is 1.39. The molecule has 1 aromatic heterocycles. The van der Waals surface area contributed by atoms with Crippen LogP contribution in [0.15, 0.2) is 62.6 Å². The maximum Gasteiger partial charge on any atom is 0.338 e. The molecule has 0 bridgehead atoms. The number of rotatable bonds is 5. The summed E-state index contributed by atoms with van der Waals surface area (Å²) in [6.45, 7) is 0. The van der Waals surface area contributed by atoms with Crippen LogP contribution in [0.2, 0.25) is 0 Å². The van der Waals surface area contributed by atoms with Gasteiger partial charge in [0.15, 0.2) is 0 Å². The number of esters is 1. The molecule has 0 saturated heterocycles. The Balaban J connectivity index is 1.94. The second kappa shape index (κ2) is 7.44. The minimum atomic E-state index is -0.419. The average molecular weight is 356 g/mol. The smallest absolute Gasteiger partial charge is 0.338 e. The van der Waals surface area contributed by atoms with Crippen LogP contribution in [0.4, 0.5) is 0 Å². The van der Waals surface area contributed by atoms with Gasteiger partial charge in [-0.05, 0) is 29.8 Å². The SMILES string of the molecule is COC(=O)c1ccccc1SCc1cc(=O)oc2cc(OC)ccc12. The van der Waals surface area contributed by atoms with E-state index in [2.05, 4.69) is 0 Å². The van der Waals surface area contributed by atoms with Crippen LogP contribution < -0.4 is 10.4 Å². The van der Waals surface area contributed by atoms with Gasteiger partial charge in [0.2, 0.25) is 0 Å². The molecule has 0 aliphatic rings. The second-order valence-electron chi connectivity index (χ2n) is 5.23. The van der Waals surface area contributed by atoms with Gasteiger partial charge in [0.1, 0.15) is 11.3 Å². The van der Waals surface area contributed by atoms with Crippen molar-refractivity contribution in [3.05, 3.63) is 70.1 Å². The zero-order valence-corrected chi connectivity index (χ0v) is 14.6. The summed E-state index contributed by atoms with van der Waals surface area (Å²) in [5.74, 6) is 0.754. The highest BCUT2D eigenvalue weighted by Crippen LogP contribution is 2.30. The molecule has 0 radical (unpaired) electrons. The number of benzene rings is 2. The van der Waals surface area contributed by atoms with E-state index in [0.717, 1.165) is 15.8 Å². The first-order valence-corrected chi connectivity index (χ1v) is 8.52. The van der Waals surface area contributed by atoms with E-state index in [-0.39, 0.29) is 5.97 Å². The van der Waals surface area contributed by atoms with Crippen molar-refractivity contribution >= 4 is 28.7 Å². The topological polar surface area (TPSA) is 65.7 Å². The van der Waals surface area contributed by atoms with Crippen molar-refractivity contribution in [2.24, 2.45) is 0 Å². The van der Waals surface area contributed by atoms with Crippen LogP contribution in [0.25, 0.3) is 11.0 Å². The van der Waals surface area contributed by atoms with Crippen LogP contribution in [0.5, 0.6) is 5.75 Å². The van der Waals surface area contributed by atoms with Crippen LogP contribution in [0.1, 0.15) is 15.9 Å². The number of ether oxygens (including phenoxy) is 2. The van der Waals surface area contributed by atoms with Crippen LogP contribution in [-0.4, -0.2) is 20.2 Å². The molecule has 128 valence electrons. The van der Waals surface area contributed by atoms with Crippen molar-refractivity contribution in [2.45, 2.75) is 10.6 Å². The second-order valence-corrected chi connectivity index (χ2v) is 6.25. The Labute approximate surface area is 148 Å². The van der Waals surface area contributed by atoms with E-state index in [1.165, 1.54) is 24.9 Å². The fourth-order valence-corrected chi connectivity index (χ4v) is 3.51. The Morgan fingerprint density at radius 3 is 2.68 bits per heavy atom. The Kier molecular flexibility index (Phi) is 5.09. The van der Waals surface area contributed by atoms with Crippen LogP contribution in [0, 0.1) is 0 Å². The highest BCUT2D eigenvalue weighted by Gasteiger charge is 2.13. The molecule has 0 saturated carbocycles. The molecule has 3 rings (SSSR count). The van der Waals surface area contributed by atoms with Crippen LogP contribution in [-0.2, 0) is 10.5 Å². The van der Waals surface area contributed by atoms with Crippen molar-refractivity contribution < 1.29 is 18.7 Å². The van der Waals surface area contributed by atoms with Gasteiger partial charge < -0.3 is 13.9 Å². The average Bonchev–Trinajstić information content (AvgIpc) is 2.65. The molecule has 25 heavy (non-hydrogen) atoms. The zero-order chi connectivity index (χ0) is 17.8. The van der Waals surface area contributed by atoms with Crippen molar-refractivity contribution in [1.82, 2.24) is 0 Å². The predicted molar refractivity (Wildman–Crippen MR) is 96.4 cm³/mol. The molecule has 0 atom stereocenters. The first kappa shape index (κ1) is 17.1. The summed E-state index contributed by atoms with van der Waals surface area (Å²) < 4.78 is 15.2. The van der Waals surface area contributed by atoms with E-state index in [1.807, 2.05) is 24.3 Å². The lowest BCUT2D eigenvalue weighted by molar-refractivity contribution is 0.0597. The highest BCUT2D eigenvalue weighted by atomic mass is 32.2. The summed E-state index contributed by atoms with van der Waals surface area (Å²) in [5, 5.41) is 0.837. The third kappa shape index (κ3) is 3.69. The van der Waals surface area contributed by atoms with E-state index >= 15 is 0 Å². The third-order valence-electron chi connectivity index (χ3n) is 3.71. The number of carbonyl (C=O) groups excluding carboxylic acids is 1. The molecule has 0 fully saturated rings. The first-order valence-electron chi connectivity index (χ1n) is 7.53. The largest absolute Gasteiger partial charge is 0.497 e. The Morgan fingerprint density at radius 2 is 1.92 bits per heavy atom. The van der Waals surface area contributed by atoms with Gasteiger partial charge in [-0.25, -0.2) is 9.59 Å². The molecule has 1 heterocycles. The first-order chi connectivity index (χ1) is 12.1. The summed E-state index contributed by atoms with van der Waals surface area (Å²) in [4.78, 5) is 24.5. The lowest BCUT2D eigenvalue weighted by atomic mass is 10.1. The number of hydrogen-bond donors (Lipinski definition) is 0. The molecule has 3 aromatic rings. The minimum Gasteiger partial charge on any atom is -0.497 e. The molecule has 0 unspecified atom stereocenters. The van der Waals surface area contributed by atoms with Gasteiger partial charge in [-0.3, -0.25) is 0 Å². The van der Waals surface area contributed by atoms with Crippen molar-refractivity contribution in [1.29, 1.82) is 0 Å². The molecule has 0 amide bonds. The van der Waals surface area contributed by atoms with Gasteiger partial charge in [-0.1, -0.05) is 12.1 Å². The normalized spacial score (nSPS) is 10.6. The van der Waals surface area contributed by atoms with Crippen LogP contribution in [0.3, 0.4) is 0 Å². The fourth-order valence-electron chi connectivity index (χ4n) is 2.48. The molecule has 6 heteroatoms. The number of fused-ring (bicyclic) bond motifs is 1. The summed E-state index contributed by atoms with van der Waals surface area (Å²) in [7, 11) is 2.91. The van der Waals surface area contributed by atoms with Gasteiger partial charge in [0.05, 0.1) is 19.8 Å². The molecular weight excluding hydrogens is 340 g/mol. The maximum atomic E-state index is 11.9. The van der Waals surface area contributed by atoms with Gasteiger partial charge in [-0.2, -0.15) is 0 Å². The van der Waals surface area contributed by atoms with Gasteiger partial charge in [0.25, 0.3) is 0 Å². The summed E-state index contributed by atoms with van der Waals surface area (Å²) in [6, 6.07) is 14.1. The number of carbonyl (C=O) groups is 1. The predicted octanol–water partition coefficient (Wildman–Crippen LogP) is 3.88. The van der Waals surface area contributed by atoms with Gasteiger partial charge >= 0.3 is 11.6 Å². The molecular formula is C19H16O5S. The maximum absolute atomic E-state index is 11.9. The van der Waals surface area contributed by atoms with E-state index < -0.39 is 5.63 Å². The quantitative estimate of drug-likeness (QED) is 0.393. The molecule has 0 spiro atoms. The van der Waals surface area contributed by atoms with Crippen molar-refractivity contribution in [3.8, 4) is 5.75 Å². The number of hydrogen-bond acceptors (Lipinski definition) is 6. The molecule has 0 aliphatic carbocycles. The number of methoxy groups -OCH3 is 2. The molecule has 5 nitrogen and oxygen atoms in total.